The van der Waals surface area contributed by atoms with Crippen molar-refractivity contribution in [3.63, 3.8) is 0 Å². The molecule has 2 aliphatic rings. The lowest BCUT2D eigenvalue weighted by Crippen LogP contribution is -2.57. The third-order valence-electron chi connectivity index (χ3n) is 9.08. The Morgan fingerprint density at radius 2 is 0.958 bits per heavy atom. The summed E-state index contributed by atoms with van der Waals surface area (Å²) in [5.74, 6) is -1.22. The average molecular weight is 677 g/mol. The minimum Gasteiger partial charge on any atom is -0.279 e. The standard InChI is InChI=1S/C34H24N6O6S2/c41-31-23(29(19-9-13-21(14-10-19)39(43)44)37(31)33-35-25-5-1-3-7-27(25)47-33)17-18-24-30(20-11-15-22(16-12-20)40(45)46)38(32(24)42)34-36-26-6-2-4-8-28(26)48-34/h1-16,23-24,29-30H,17-18H2. The summed E-state index contributed by atoms with van der Waals surface area (Å²) >= 11 is 2.81. The van der Waals surface area contributed by atoms with Gasteiger partial charge in [0, 0.05) is 24.3 Å². The van der Waals surface area contributed by atoms with Crippen LogP contribution in [0.2, 0.25) is 0 Å². The van der Waals surface area contributed by atoms with Crippen LogP contribution in [0.1, 0.15) is 36.1 Å². The summed E-state index contributed by atoms with van der Waals surface area (Å²) in [7, 11) is 0. The number of para-hydroxylation sites is 2. The van der Waals surface area contributed by atoms with Gasteiger partial charge in [0.15, 0.2) is 10.3 Å². The summed E-state index contributed by atoms with van der Waals surface area (Å²) in [5, 5.41) is 23.8. The highest BCUT2D eigenvalue weighted by molar-refractivity contribution is 7.22. The Morgan fingerprint density at radius 3 is 1.31 bits per heavy atom. The van der Waals surface area contributed by atoms with Crippen LogP contribution in [0.4, 0.5) is 21.6 Å². The van der Waals surface area contributed by atoms with Gasteiger partial charge in [0.1, 0.15) is 0 Å². The number of rotatable bonds is 9. The molecule has 12 nitrogen and oxygen atoms in total. The third-order valence-corrected chi connectivity index (χ3v) is 11.2. The number of thiazole rings is 2. The number of non-ortho nitro benzene ring substituents is 2. The van der Waals surface area contributed by atoms with Crippen molar-refractivity contribution < 1.29 is 19.4 Å². The van der Waals surface area contributed by atoms with Crippen molar-refractivity contribution >= 4 is 76.6 Å². The minimum atomic E-state index is -0.486. The molecule has 6 aromatic rings. The minimum absolute atomic E-state index is 0.0477. The zero-order chi connectivity index (χ0) is 33.1. The number of fused-ring (bicyclic) bond motifs is 2. The first-order chi connectivity index (χ1) is 23.3. The monoisotopic (exact) mass is 676 g/mol. The van der Waals surface area contributed by atoms with E-state index in [-0.39, 0.29) is 23.2 Å². The Balaban J connectivity index is 1.10. The van der Waals surface area contributed by atoms with E-state index in [1.165, 1.54) is 46.9 Å². The molecule has 2 amide bonds. The smallest absolute Gasteiger partial charge is 0.269 e. The summed E-state index contributed by atoms with van der Waals surface area (Å²) in [4.78, 5) is 62.2. The highest BCUT2D eigenvalue weighted by Crippen LogP contribution is 2.52. The maximum atomic E-state index is 13.9. The Kier molecular flexibility index (Phi) is 7.18. The molecule has 2 saturated heterocycles. The number of carbonyl (C=O) groups is 2. The molecule has 2 aromatic heterocycles. The summed E-state index contributed by atoms with van der Waals surface area (Å²) in [6.45, 7) is 0. The van der Waals surface area contributed by atoms with Crippen LogP contribution in [-0.4, -0.2) is 31.6 Å². The van der Waals surface area contributed by atoms with Gasteiger partial charge in [-0.15, -0.1) is 0 Å². The first-order valence-corrected chi connectivity index (χ1v) is 16.8. The second-order valence-electron chi connectivity index (χ2n) is 11.7. The molecule has 0 aliphatic carbocycles. The number of amides is 2. The van der Waals surface area contributed by atoms with Crippen LogP contribution in [0.15, 0.2) is 97.1 Å². The summed E-state index contributed by atoms with van der Waals surface area (Å²) in [6, 6.07) is 26.8. The van der Waals surface area contributed by atoms with Gasteiger partial charge in [-0.25, -0.2) is 9.97 Å². The maximum Gasteiger partial charge on any atom is 0.269 e. The second-order valence-corrected chi connectivity index (χ2v) is 13.7. The molecule has 238 valence electrons. The zero-order valence-electron chi connectivity index (χ0n) is 24.9. The number of benzene rings is 4. The van der Waals surface area contributed by atoms with E-state index >= 15 is 0 Å². The van der Waals surface area contributed by atoms with Crippen LogP contribution in [0.25, 0.3) is 20.4 Å². The largest absolute Gasteiger partial charge is 0.279 e. The summed E-state index contributed by atoms with van der Waals surface area (Å²) in [6.07, 6.45) is 0.769. The van der Waals surface area contributed by atoms with E-state index in [4.69, 9.17) is 9.97 Å². The lowest BCUT2D eigenvalue weighted by atomic mass is 9.74. The molecule has 0 saturated carbocycles. The Labute approximate surface area is 280 Å². The van der Waals surface area contributed by atoms with Crippen molar-refractivity contribution in [2.45, 2.75) is 24.9 Å². The predicted molar refractivity (Wildman–Crippen MR) is 182 cm³/mol. The van der Waals surface area contributed by atoms with Crippen LogP contribution in [0.5, 0.6) is 0 Å². The highest BCUT2D eigenvalue weighted by atomic mass is 32.1. The Bertz CT molecular complexity index is 2030. The first kappa shape index (κ1) is 29.8. The molecule has 2 aliphatic heterocycles. The quantitative estimate of drug-likeness (QED) is 0.0862. The van der Waals surface area contributed by atoms with Crippen molar-refractivity contribution in [1.82, 2.24) is 9.97 Å². The molecule has 0 N–H and O–H groups in total. The van der Waals surface area contributed by atoms with Gasteiger partial charge in [0.2, 0.25) is 11.8 Å². The van der Waals surface area contributed by atoms with E-state index < -0.39 is 33.8 Å². The van der Waals surface area contributed by atoms with E-state index in [2.05, 4.69) is 0 Å². The van der Waals surface area contributed by atoms with Crippen LogP contribution < -0.4 is 9.80 Å². The third kappa shape index (κ3) is 4.88. The van der Waals surface area contributed by atoms with E-state index in [9.17, 15) is 29.8 Å². The number of aromatic nitrogens is 2. The van der Waals surface area contributed by atoms with Gasteiger partial charge in [-0.2, -0.15) is 0 Å². The number of nitrogens with zero attached hydrogens (tertiary/aromatic N) is 6. The van der Waals surface area contributed by atoms with Gasteiger partial charge in [0.05, 0.1) is 54.2 Å². The summed E-state index contributed by atoms with van der Waals surface area (Å²) < 4.78 is 1.87. The van der Waals surface area contributed by atoms with Crippen molar-refractivity contribution in [2.75, 3.05) is 9.80 Å². The predicted octanol–water partition coefficient (Wildman–Crippen LogP) is 7.61. The Morgan fingerprint density at radius 1 is 0.583 bits per heavy atom. The van der Waals surface area contributed by atoms with Crippen LogP contribution in [0, 0.1) is 32.1 Å². The lowest BCUT2D eigenvalue weighted by Gasteiger charge is -2.49. The number of anilines is 2. The van der Waals surface area contributed by atoms with Crippen molar-refractivity contribution in [3.8, 4) is 0 Å². The maximum absolute atomic E-state index is 13.9. The van der Waals surface area contributed by atoms with Crippen molar-refractivity contribution in [1.29, 1.82) is 0 Å². The molecule has 48 heavy (non-hydrogen) atoms. The molecule has 0 radical (unpaired) electrons. The molecule has 4 atom stereocenters. The van der Waals surface area contributed by atoms with Crippen molar-refractivity contribution in [3.05, 3.63) is 128 Å². The van der Waals surface area contributed by atoms with Crippen LogP contribution in [0.3, 0.4) is 0 Å². The van der Waals surface area contributed by atoms with E-state index in [1.54, 1.807) is 34.1 Å². The van der Waals surface area contributed by atoms with Crippen molar-refractivity contribution in [2.24, 2.45) is 11.8 Å². The first-order valence-electron chi connectivity index (χ1n) is 15.1. The second kappa shape index (κ2) is 11.6. The van der Waals surface area contributed by atoms with Gasteiger partial charge < -0.3 is 0 Å². The van der Waals surface area contributed by atoms with Gasteiger partial charge in [-0.05, 0) is 48.2 Å². The van der Waals surface area contributed by atoms with E-state index in [1.807, 2.05) is 48.5 Å². The topological polar surface area (TPSA) is 153 Å². The molecule has 14 heteroatoms. The number of hydrogen-bond acceptors (Lipinski definition) is 10. The fraction of sp³-hybridized carbons (Fsp3) is 0.176. The molecule has 2 fully saturated rings. The fourth-order valence-corrected chi connectivity index (χ4v) is 8.74. The van der Waals surface area contributed by atoms with Gasteiger partial charge in [-0.3, -0.25) is 39.6 Å². The Hall–Kier alpha value is -5.60. The average Bonchev–Trinajstić information content (AvgIpc) is 3.71. The molecule has 8 rings (SSSR count). The van der Waals surface area contributed by atoms with Gasteiger partial charge in [-0.1, -0.05) is 71.2 Å². The zero-order valence-corrected chi connectivity index (χ0v) is 26.5. The number of β-lactam (4-membered cyclic amide) rings is 2. The molecule has 4 heterocycles. The van der Waals surface area contributed by atoms with Crippen LogP contribution >= 0.6 is 22.7 Å². The molecule has 4 aromatic carbocycles. The SMILES string of the molecule is O=C1C(CCC2C(=O)N(c3nc4ccccc4s3)C2c2ccc([N+](=O)[O-])cc2)C(c2ccc([N+](=O)[O-])cc2)N1c1nc2ccccc2s1. The molecular weight excluding hydrogens is 653 g/mol. The molecule has 4 unspecified atom stereocenters. The fourth-order valence-electron chi connectivity index (χ4n) is 6.72. The van der Waals surface area contributed by atoms with Crippen LogP contribution in [-0.2, 0) is 9.59 Å². The molecule has 0 spiro atoms. The number of hydrogen-bond donors (Lipinski definition) is 0. The molecular formula is C34H24N6O6S2. The van der Waals surface area contributed by atoms with E-state index in [0.29, 0.717) is 23.1 Å². The van der Waals surface area contributed by atoms with E-state index in [0.717, 1.165) is 31.6 Å². The molecule has 0 bridgehead atoms. The van der Waals surface area contributed by atoms with Gasteiger partial charge in [0.25, 0.3) is 11.4 Å². The number of carbonyl (C=O) groups excluding carboxylic acids is 2. The number of nitro groups is 2. The normalized spacial score (nSPS) is 20.6. The van der Waals surface area contributed by atoms with Gasteiger partial charge >= 0.3 is 0 Å². The summed E-state index contributed by atoms with van der Waals surface area (Å²) in [5.41, 5.74) is 2.94. The number of nitro benzene ring substituents is 2. The highest BCUT2D eigenvalue weighted by Gasteiger charge is 2.54. The lowest BCUT2D eigenvalue weighted by molar-refractivity contribution is -0.385.